The predicted octanol–water partition coefficient (Wildman–Crippen LogP) is 3.83. The molecule has 0 bridgehead atoms. The molecule has 1 atom stereocenters. The summed E-state index contributed by atoms with van der Waals surface area (Å²) in [5.41, 5.74) is 0.386. The Morgan fingerprint density at radius 3 is 2.93 bits per heavy atom. The van der Waals surface area contributed by atoms with Gasteiger partial charge in [0.05, 0.1) is 4.47 Å². The van der Waals surface area contributed by atoms with Crippen LogP contribution in [0.5, 0.6) is 0 Å². The molecule has 82 valence electrons. The summed E-state index contributed by atoms with van der Waals surface area (Å²) in [6.07, 6.45) is 5.69. The molecule has 1 aliphatic rings. The highest BCUT2D eigenvalue weighted by Gasteiger charge is 2.34. The van der Waals surface area contributed by atoms with Gasteiger partial charge in [0.15, 0.2) is 0 Å². The molecule has 0 saturated heterocycles. The first-order valence-electron chi connectivity index (χ1n) is 5.47. The van der Waals surface area contributed by atoms with Crippen molar-refractivity contribution in [2.75, 3.05) is 5.32 Å². The Morgan fingerprint density at radius 1 is 1.53 bits per heavy atom. The van der Waals surface area contributed by atoms with Crippen LogP contribution < -0.4 is 5.32 Å². The second kappa shape index (κ2) is 4.12. The van der Waals surface area contributed by atoms with E-state index in [1.165, 1.54) is 19.3 Å². The van der Waals surface area contributed by atoms with Crippen LogP contribution in [0.1, 0.15) is 33.1 Å². The zero-order chi connectivity index (χ0) is 10.9. The van der Waals surface area contributed by atoms with Crippen LogP contribution in [-0.2, 0) is 0 Å². The molecular formula is C12H17BrN2. The normalized spacial score (nSPS) is 24.1. The van der Waals surface area contributed by atoms with E-state index < -0.39 is 0 Å². The van der Waals surface area contributed by atoms with Gasteiger partial charge in [-0.25, -0.2) is 4.98 Å². The van der Waals surface area contributed by atoms with Crippen molar-refractivity contribution in [3.63, 3.8) is 0 Å². The average molecular weight is 269 g/mol. The zero-order valence-corrected chi connectivity index (χ0v) is 10.8. The molecule has 1 aliphatic carbocycles. The van der Waals surface area contributed by atoms with Crippen LogP contribution in [0.3, 0.4) is 0 Å². The molecule has 1 N–H and O–H groups in total. The Bertz CT molecular complexity index is 349. The number of aromatic nitrogens is 1. The smallest absolute Gasteiger partial charge is 0.140 e. The van der Waals surface area contributed by atoms with E-state index in [4.69, 9.17) is 0 Å². The van der Waals surface area contributed by atoms with Gasteiger partial charge in [0.1, 0.15) is 5.82 Å². The molecule has 15 heavy (non-hydrogen) atoms. The van der Waals surface area contributed by atoms with Crippen LogP contribution in [0.4, 0.5) is 5.82 Å². The van der Waals surface area contributed by atoms with E-state index in [1.54, 1.807) is 0 Å². The molecule has 0 radical (unpaired) electrons. The van der Waals surface area contributed by atoms with Crippen molar-refractivity contribution in [2.24, 2.45) is 5.41 Å². The Hall–Kier alpha value is -0.570. The van der Waals surface area contributed by atoms with Gasteiger partial charge in [0.2, 0.25) is 0 Å². The first kappa shape index (κ1) is 10.9. The fraction of sp³-hybridized carbons (Fsp3) is 0.583. The lowest BCUT2D eigenvalue weighted by Gasteiger charge is -2.28. The van der Waals surface area contributed by atoms with Crippen LogP contribution in [0.15, 0.2) is 22.8 Å². The number of hydrogen-bond donors (Lipinski definition) is 1. The van der Waals surface area contributed by atoms with Crippen molar-refractivity contribution in [1.82, 2.24) is 4.98 Å². The standard InChI is InChI=1S/C12H17BrN2/c1-12(2)7-3-6-10(12)15-11-9(13)5-4-8-14-11/h4-5,8,10H,3,6-7H2,1-2H3,(H,14,15). The van der Waals surface area contributed by atoms with E-state index >= 15 is 0 Å². The molecule has 1 fully saturated rings. The highest BCUT2D eigenvalue weighted by Crippen LogP contribution is 2.39. The van der Waals surface area contributed by atoms with Crippen LogP contribution in [0.2, 0.25) is 0 Å². The molecule has 1 aromatic heterocycles. The minimum atomic E-state index is 0.386. The quantitative estimate of drug-likeness (QED) is 0.882. The van der Waals surface area contributed by atoms with Gasteiger partial charge < -0.3 is 5.32 Å². The summed E-state index contributed by atoms with van der Waals surface area (Å²) in [7, 11) is 0. The lowest BCUT2D eigenvalue weighted by molar-refractivity contribution is 0.349. The molecule has 0 amide bonds. The molecule has 1 aromatic rings. The van der Waals surface area contributed by atoms with Crippen molar-refractivity contribution in [2.45, 2.75) is 39.2 Å². The van der Waals surface area contributed by atoms with Crippen LogP contribution in [-0.4, -0.2) is 11.0 Å². The number of nitrogens with zero attached hydrogens (tertiary/aromatic N) is 1. The summed E-state index contributed by atoms with van der Waals surface area (Å²) in [4.78, 5) is 4.35. The molecule has 0 aromatic carbocycles. The number of hydrogen-bond acceptors (Lipinski definition) is 2. The van der Waals surface area contributed by atoms with Crippen molar-refractivity contribution in [1.29, 1.82) is 0 Å². The lowest BCUT2D eigenvalue weighted by atomic mass is 9.87. The second-order valence-corrected chi connectivity index (χ2v) is 5.77. The monoisotopic (exact) mass is 268 g/mol. The Balaban J connectivity index is 2.12. The maximum atomic E-state index is 4.35. The third kappa shape index (κ3) is 2.33. The van der Waals surface area contributed by atoms with Crippen LogP contribution in [0.25, 0.3) is 0 Å². The highest BCUT2D eigenvalue weighted by atomic mass is 79.9. The third-order valence-electron chi connectivity index (χ3n) is 3.33. The number of halogens is 1. The summed E-state index contributed by atoms with van der Waals surface area (Å²) in [6, 6.07) is 4.51. The minimum absolute atomic E-state index is 0.386. The second-order valence-electron chi connectivity index (χ2n) is 4.91. The molecular weight excluding hydrogens is 252 g/mol. The minimum Gasteiger partial charge on any atom is -0.366 e. The Morgan fingerprint density at radius 2 is 2.33 bits per heavy atom. The number of pyridine rings is 1. The van der Waals surface area contributed by atoms with E-state index in [0.29, 0.717) is 11.5 Å². The average Bonchev–Trinajstić information content (AvgIpc) is 2.50. The molecule has 0 spiro atoms. The largest absolute Gasteiger partial charge is 0.366 e. The fourth-order valence-corrected chi connectivity index (χ4v) is 2.62. The molecule has 1 saturated carbocycles. The molecule has 3 heteroatoms. The lowest BCUT2D eigenvalue weighted by Crippen LogP contribution is -2.31. The van der Waals surface area contributed by atoms with Crippen LogP contribution in [0, 0.1) is 5.41 Å². The van der Waals surface area contributed by atoms with Gasteiger partial charge in [-0.3, -0.25) is 0 Å². The van der Waals surface area contributed by atoms with Gasteiger partial charge in [0, 0.05) is 12.2 Å². The van der Waals surface area contributed by atoms with Gasteiger partial charge in [-0.05, 0) is 46.3 Å². The fourth-order valence-electron chi connectivity index (χ4n) is 2.25. The van der Waals surface area contributed by atoms with E-state index in [1.807, 2.05) is 18.3 Å². The summed E-state index contributed by atoms with van der Waals surface area (Å²) >= 11 is 3.52. The summed E-state index contributed by atoms with van der Waals surface area (Å²) < 4.78 is 1.05. The van der Waals surface area contributed by atoms with Gasteiger partial charge in [0.25, 0.3) is 0 Å². The van der Waals surface area contributed by atoms with E-state index in [9.17, 15) is 0 Å². The molecule has 2 rings (SSSR count). The van der Waals surface area contributed by atoms with Gasteiger partial charge in [-0.1, -0.05) is 20.3 Å². The summed E-state index contributed by atoms with van der Waals surface area (Å²) in [5.74, 6) is 0.970. The Kier molecular flexibility index (Phi) is 3.01. The number of nitrogens with one attached hydrogen (secondary N) is 1. The summed E-state index contributed by atoms with van der Waals surface area (Å²) in [6.45, 7) is 4.66. The molecule has 1 heterocycles. The van der Waals surface area contributed by atoms with Gasteiger partial charge >= 0.3 is 0 Å². The highest BCUT2D eigenvalue weighted by molar-refractivity contribution is 9.10. The van der Waals surface area contributed by atoms with Crippen molar-refractivity contribution >= 4 is 21.7 Å². The summed E-state index contributed by atoms with van der Waals surface area (Å²) in [5, 5.41) is 3.54. The van der Waals surface area contributed by atoms with E-state index in [-0.39, 0.29) is 0 Å². The van der Waals surface area contributed by atoms with Gasteiger partial charge in [-0.2, -0.15) is 0 Å². The predicted molar refractivity (Wildman–Crippen MR) is 67.0 cm³/mol. The maximum Gasteiger partial charge on any atom is 0.140 e. The number of anilines is 1. The molecule has 0 aliphatic heterocycles. The van der Waals surface area contributed by atoms with Gasteiger partial charge in [-0.15, -0.1) is 0 Å². The maximum absolute atomic E-state index is 4.35. The van der Waals surface area contributed by atoms with Crippen molar-refractivity contribution in [3.05, 3.63) is 22.8 Å². The molecule has 2 nitrogen and oxygen atoms in total. The van der Waals surface area contributed by atoms with E-state index in [0.717, 1.165) is 10.3 Å². The topological polar surface area (TPSA) is 24.9 Å². The zero-order valence-electron chi connectivity index (χ0n) is 9.26. The van der Waals surface area contributed by atoms with Crippen LogP contribution >= 0.6 is 15.9 Å². The first-order chi connectivity index (χ1) is 7.09. The van der Waals surface area contributed by atoms with Crippen molar-refractivity contribution < 1.29 is 0 Å². The Labute approximate surface area is 99.6 Å². The SMILES string of the molecule is CC1(C)CCCC1Nc1ncccc1Br. The third-order valence-corrected chi connectivity index (χ3v) is 3.97. The molecule has 1 unspecified atom stereocenters. The first-order valence-corrected chi connectivity index (χ1v) is 6.26. The van der Waals surface area contributed by atoms with Crippen molar-refractivity contribution in [3.8, 4) is 0 Å². The van der Waals surface area contributed by atoms with E-state index in [2.05, 4.69) is 40.1 Å². The number of rotatable bonds is 2.